The highest BCUT2D eigenvalue weighted by Gasteiger charge is 2.34. The van der Waals surface area contributed by atoms with Crippen molar-refractivity contribution in [2.45, 2.75) is 38.5 Å². The van der Waals surface area contributed by atoms with Crippen LogP contribution in [0.2, 0.25) is 0 Å². The first-order valence-electron chi connectivity index (χ1n) is 9.74. The van der Waals surface area contributed by atoms with E-state index in [4.69, 9.17) is 4.74 Å². The van der Waals surface area contributed by atoms with Crippen molar-refractivity contribution >= 4 is 17.3 Å². The normalized spacial score (nSPS) is 16.8. The molecular formula is C21H29FN4OS. The molecule has 1 saturated heterocycles. The summed E-state index contributed by atoms with van der Waals surface area (Å²) in [5, 5.41) is 7.99. The zero-order valence-electron chi connectivity index (χ0n) is 16.8. The van der Waals surface area contributed by atoms with Gasteiger partial charge in [-0.3, -0.25) is 4.99 Å². The number of aryl methyl sites for hydroxylation is 2. The molecule has 0 spiro atoms. The van der Waals surface area contributed by atoms with Crippen LogP contribution in [0.15, 0.2) is 29.3 Å². The second-order valence-corrected chi connectivity index (χ2v) is 8.54. The van der Waals surface area contributed by atoms with Gasteiger partial charge in [0.2, 0.25) is 0 Å². The van der Waals surface area contributed by atoms with E-state index in [1.165, 1.54) is 17.0 Å². The Morgan fingerprint density at radius 1 is 1.21 bits per heavy atom. The van der Waals surface area contributed by atoms with Crippen molar-refractivity contribution in [3.05, 3.63) is 51.2 Å². The van der Waals surface area contributed by atoms with Gasteiger partial charge in [-0.25, -0.2) is 9.37 Å². The molecule has 2 N–H and O–H groups in total. The van der Waals surface area contributed by atoms with Crippen molar-refractivity contribution in [2.75, 3.05) is 33.4 Å². The number of ether oxygens (including phenoxy) is 1. The van der Waals surface area contributed by atoms with Crippen LogP contribution < -0.4 is 10.6 Å². The average molecular weight is 405 g/mol. The zero-order valence-corrected chi connectivity index (χ0v) is 17.7. The third-order valence-electron chi connectivity index (χ3n) is 5.43. The van der Waals surface area contributed by atoms with Crippen molar-refractivity contribution in [3.63, 3.8) is 0 Å². The summed E-state index contributed by atoms with van der Waals surface area (Å²) < 4.78 is 19.0. The number of hydrogen-bond donors (Lipinski definition) is 2. The maximum Gasteiger partial charge on any atom is 0.191 e. The summed E-state index contributed by atoms with van der Waals surface area (Å²) in [6, 6.07) is 6.87. The van der Waals surface area contributed by atoms with E-state index in [9.17, 15) is 4.39 Å². The minimum Gasteiger partial charge on any atom is -0.381 e. The monoisotopic (exact) mass is 404 g/mol. The fourth-order valence-corrected chi connectivity index (χ4v) is 4.47. The molecule has 0 bridgehead atoms. The molecule has 0 aliphatic carbocycles. The van der Waals surface area contributed by atoms with Crippen LogP contribution in [-0.2, 0) is 16.6 Å². The van der Waals surface area contributed by atoms with E-state index in [0.29, 0.717) is 13.2 Å². The second-order valence-electron chi connectivity index (χ2n) is 7.25. The van der Waals surface area contributed by atoms with Crippen LogP contribution in [0.3, 0.4) is 0 Å². The van der Waals surface area contributed by atoms with Crippen LogP contribution in [-0.4, -0.2) is 44.3 Å². The highest BCUT2D eigenvalue weighted by Crippen LogP contribution is 2.34. The second kappa shape index (κ2) is 9.47. The van der Waals surface area contributed by atoms with E-state index < -0.39 is 0 Å². The minimum absolute atomic E-state index is 0.0763. The summed E-state index contributed by atoms with van der Waals surface area (Å²) in [6.45, 7) is 7.09. The maximum absolute atomic E-state index is 13.4. The topological polar surface area (TPSA) is 58.5 Å². The van der Waals surface area contributed by atoms with Crippen LogP contribution in [0, 0.1) is 19.7 Å². The minimum atomic E-state index is -0.205. The lowest BCUT2D eigenvalue weighted by Gasteiger charge is -2.38. The summed E-state index contributed by atoms with van der Waals surface area (Å²) in [5.74, 6) is 0.571. The fourth-order valence-electron chi connectivity index (χ4n) is 3.54. The van der Waals surface area contributed by atoms with Crippen molar-refractivity contribution in [1.29, 1.82) is 0 Å². The number of guanidine groups is 1. The number of benzene rings is 1. The first-order chi connectivity index (χ1) is 13.5. The van der Waals surface area contributed by atoms with Crippen molar-refractivity contribution in [3.8, 4) is 0 Å². The Labute approximate surface area is 170 Å². The lowest BCUT2D eigenvalue weighted by Crippen LogP contribution is -2.48. The molecule has 0 amide bonds. The molecule has 0 saturated carbocycles. The first kappa shape index (κ1) is 20.7. The number of halogens is 1. The molecule has 2 aromatic rings. The number of nitrogens with zero attached hydrogens (tertiary/aromatic N) is 2. The molecule has 1 aliphatic rings. The lowest BCUT2D eigenvalue weighted by molar-refractivity contribution is 0.0513. The number of rotatable bonds is 6. The molecule has 1 aromatic carbocycles. The van der Waals surface area contributed by atoms with Gasteiger partial charge in [0.25, 0.3) is 0 Å². The van der Waals surface area contributed by atoms with Crippen LogP contribution in [0.25, 0.3) is 0 Å². The molecule has 2 heterocycles. The third kappa shape index (κ3) is 5.08. The molecule has 3 rings (SSSR count). The Morgan fingerprint density at radius 2 is 1.93 bits per heavy atom. The zero-order chi connectivity index (χ0) is 20.0. The van der Waals surface area contributed by atoms with Gasteiger partial charge in [0.05, 0.1) is 10.7 Å². The number of nitrogens with one attached hydrogen (secondary N) is 2. The SMILES string of the molecule is CN=C(NCCc1nc(C)c(C)s1)NCC1(c2ccc(F)cc2)CCOCC1. The smallest absolute Gasteiger partial charge is 0.191 e. The quantitative estimate of drug-likeness (QED) is 0.573. The molecule has 0 atom stereocenters. The lowest BCUT2D eigenvalue weighted by atomic mass is 9.74. The Balaban J connectivity index is 1.58. The molecule has 5 nitrogen and oxygen atoms in total. The maximum atomic E-state index is 13.4. The van der Waals surface area contributed by atoms with Gasteiger partial charge < -0.3 is 15.4 Å². The molecule has 0 radical (unpaired) electrons. The Kier molecular flexibility index (Phi) is 7.02. The fraction of sp³-hybridized carbons (Fsp3) is 0.524. The average Bonchev–Trinajstić information content (AvgIpc) is 3.03. The Bertz CT molecular complexity index is 778. The molecule has 7 heteroatoms. The molecule has 1 aliphatic heterocycles. The number of thiazole rings is 1. The highest BCUT2D eigenvalue weighted by atomic mass is 32.1. The molecular weight excluding hydrogens is 375 g/mol. The molecule has 1 aromatic heterocycles. The van der Waals surface area contributed by atoms with E-state index in [-0.39, 0.29) is 11.2 Å². The van der Waals surface area contributed by atoms with E-state index in [2.05, 4.69) is 27.5 Å². The van der Waals surface area contributed by atoms with Crippen LogP contribution in [0.1, 0.15) is 34.0 Å². The van der Waals surface area contributed by atoms with Gasteiger partial charge in [0.1, 0.15) is 5.82 Å². The van der Waals surface area contributed by atoms with Crippen molar-refractivity contribution < 1.29 is 9.13 Å². The van der Waals surface area contributed by atoms with Crippen molar-refractivity contribution in [2.24, 2.45) is 4.99 Å². The van der Waals surface area contributed by atoms with Gasteiger partial charge in [-0.05, 0) is 44.4 Å². The van der Waals surface area contributed by atoms with Gasteiger partial charge in [0.15, 0.2) is 5.96 Å². The van der Waals surface area contributed by atoms with Gasteiger partial charge >= 0.3 is 0 Å². The van der Waals surface area contributed by atoms with Crippen LogP contribution in [0.4, 0.5) is 4.39 Å². The number of hydrogen-bond acceptors (Lipinski definition) is 4. The van der Waals surface area contributed by atoms with E-state index in [1.807, 2.05) is 19.1 Å². The van der Waals surface area contributed by atoms with Gasteiger partial charge in [-0.2, -0.15) is 0 Å². The summed E-state index contributed by atoms with van der Waals surface area (Å²) in [5.41, 5.74) is 2.18. The van der Waals surface area contributed by atoms with E-state index in [0.717, 1.165) is 54.6 Å². The van der Waals surface area contributed by atoms with Gasteiger partial charge in [-0.15, -0.1) is 11.3 Å². The third-order valence-corrected chi connectivity index (χ3v) is 6.56. The number of aliphatic imine (C=N–C) groups is 1. The predicted molar refractivity (Wildman–Crippen MR) is 113 cm³/mol. The highest BCUT2D eigenvalue weighted by molar-refractivity contribution is 7.11. The number of aromatic nitrogens is 1. The molecule has 28 heavy (non-hydrogen) atoms. The molecule has 1 fully saturated rings. The summed E-state index contributed by atoms with van der Waals surface area (Å²) in [4.78, 5) is 10.2. The Hall–Kier alpha value is -1.99. The van der Waals surface area contributed by atoms with Crippen LogP contribution in [0.5, 0.6) is 0 Å². The van der Waals surface area contributed by atoms with Gasteiger partial charge in [-0.1, -0.05) is 12.1 Å². The Morgan fingerprint density at radius 3 is 2.54 bits per heavy atom. The largest absolute Gasteiger partial charge is 0.381 e. The summed E-state index contributed by atoms with van der Waals surface area (Å²) in [6.07, 6.45) is 2.68. The van der Waals surface area contributed by atoms with E-state index >= 15 is 0 Å². The predicted octanol–water partition coefficient (Wildman–Crippen LogP) is 3.35. The standard InChI is InChI=1S/C21H29FN4OS/c1-15-16(2)28-19(26-15)8-11-24-20(23-3)25-14-21(9-12-27-13-10-21)17-4-6-18(22)7-5-17/h4-7H,8-14H2,1-3H3,(H2,23,24,25). The van der Waals surface area contributed by atoms with Crippen LogP contribution >= 0.6 is 11.3 Å². The first-order valence-corrected chi connectivity index (χ1v) is 10.6. The molecule has 0 unspecified atom stereocenters. The van der Waals surface area contributed by atoms with Gasteiger partial charge in [0, 0.05) is 50.1 Å². The molecule has 152 valence electrons. The van der Waals surface area contributed by atoms with E-state index in [1.54, 1.807) is 18.4 Å². The summed E-state index contributed by atoms with van der Waals surface area (Å²) in [7, 11) is 1.78. The summed E-state index contributed by atoms with van der Waals surface area (Å²) >= 11 is 1.75. The van der Waals surface area contributed by atoms with Crippen molar-refractivity contribution in [1.82, 2.24) is 15.6 Å².